The van der Waals surface area contributed by atoms with E-state index in [-0.39, 0.29) is 11.5 Å². The summed E-state index contributed by atoms with van der Waals surface area (Å²) in [6.07, 6.45) is 8.72. The molecule has 0 aromatic heterocycles. The van der Waals surface area contributed by atoms with Crippen LogP contribution in [-0.2, 0) is 21.9 Å². The minimum atomic E-state index is -3.16. The molecule has 2 fully saturated rings. The maximum atomic E-state index is 12.4. The first-order chi connectivity index (χ1) is 12.5. The third kappa shape index (κ3) is 3.06. The zero-order chi connectivity index (χ0) is 18.4. The van der Waals surface area contributed by atoms with Gasteiger partial charge >= 0.3 is 0 Å². The summed E-state index contributed by atoms with van der Waals surface area (Å²) in [5, 5.41) is 0. The molecule has 1 aromatic rings. The highest BCUT2D eigenvalue weighted by atomic mass is 35.5. The van der Waals surface area contributed by atoms with E-state index < -0.39 is 10.0 Å². The molecule has 1 aliphatic heterocycles. The van der Waals surface area contributed by atoms with Crippen LogP contribution in [0.3, 0.4) is 0 Å². The summed E-state index contributed by atoms with van der Waals surface area (Å²) in [6.45, 7) is 1.29. The Morgan fingerprint density at radius 1 is 1.31 bits per heavy atom. The average molecular weight is 398 g/mol. The van der Waals surface area contributed by atoms with E-state index in [1.54, 1.807) is 4.31 Å². The number of benzene rings is 1. The molecule has 0 radical (unpaired) electrons. The van der Waals surface area contributed by atoms with Crippen LogP contribution in [0.2, 0.25) is 0 Å². The van der Waals surface area contributed by atoms with Crippen LogP contribution in [0.25, 0.3) is 0 Å². The number of alkyl halides is 1. The highest BCUT2D eigenvalue weighted by Gasteiger charge is 2.55. The zero-order valence-corrected chi connectivity index (χ0v) is 17.0. The van der Waals surface area contributed by atoms with Gasteiger partial charge in [0.25, 0.3) is 0 Å². The van der Waals surface area contributed by atoms with Crippen LogP contribution in [-0.4, -0.2) is 44.1 Å². The number of fused-ring (bicyclic) bond motifs is 1. The number of halogens is 1. The van der Waals surface area contributed by atoms with Gasteiger partial charge in [-0.1, -0.05) is 18.9 Å². The van der Waals surface area contributed by atoms with Crippen LogP contribution in [0.4, 0.5) is 0 Å². The monoisotopic (exact) mass is 397 g/mol. The first-order valence-electron chi connectivity index (χ1n) is 9.75. The normalized spacial score (nSPS) is 31.2. The van der Waals surface area contributed by atoms with Gasteiger partial charge in [-0.2, -0.15) is 4.31 Å². The second-order valence-electron chi connectivity index (χ2n) is 8.11. The van der Waals surface area contributed by atoms with Gasteiger partial charge in [0, 0.05) is 23.9 Å². The van der Waals surface area contributed by atoms with Gasteiger partial charge in [-0.05, 0) is 61.3 Å². The number of sulfonamides is 1. The van der Waals surface area contributed by atoms with Gasteiger partial charge < -0.3 is 4.74 Å². The molecule has 1 saturated heterocycles. The molecule has 1 saturated carbocycles. The summed E-state index contributed by atoms with van der Waals surface area (Å²) in [5.74, 6) is 1.97. The van der Waals surface area contributed by atoms with Crippen molar-refractivity contribution in [3.05, 3.63) is 29.3 Å². The molecule has 0 amide bonds. The predicted molar refractivity (Wildman–Crippen MR) is 105 cm³/mol. The minimum absolute atomic E-state index is 0.120. The Labute approximate surface area is 161 Å². The highest BCUT2D eigenvalue weighted by Crippen LogP contribution is 2.56. The van der Waals surface area contributed by atoms with Crippen molar-refractivity contribution in [1.29, 1.82) is 0 Å². The Morgan fingerprint density at radius 3 is 2.92 bits per heavy atom. The van der Waals surface area contributed by atoms with E-state index in [9.17, 15) is 8.42 Å². The van der Waals surface area contributed by atoms with Crippen molar-refractivity contribution in [3.8, 4) is 5.75 Å². The number of nitrogens with zero attached hydrogens (tertiary/aromatic N) is 1. The SMILES string of the molecule is CS(=O)(=O)N1CCC23CCCCC2C1Cc1ccc(OCCCCl)cc13. The quantitative estimate of drug-likeness (QED) is 0.562. The molecule has 2 aliphatic carbocycles. The fourth-order valence-corrected chi connectivity index (χ4v) is 6.94. The second-order valence-corrected chi connectivity index (χ2v) is 10.4. The molecule has 4 nitrogen and oxygen atoms in total. The lowest BCUT2D eigenvalue weighted by molar-refractivity contribution is 0.0317. The molecule has 26 heavy (non-hydrogen) atoms. The van der Waals surface area contributed by atoms with Gasteiger partial charge in [-0.3, -0.25) is 0 Å². The molecule has 1 aromatic carbocycles. The van der Waals surface area contributed by atoms with E-state index in [1.807, 2.05) is 6.07 Å². The lowest BCUT2D eigenvalue weighted by atomic mass is 9.53. The second kappa shape index (κ2) is 6.99. The molecule has 3 aliphatic rings. The van der Waals surface area contributed by atoms with E-state index in [0.29, 0.717) is 24.9 Å². The Balaban J connectivity index is 1.73. The Kier molecular flexibility index (Phi) is 4.99. The lowest BCUT2D eigenvalue weighted by Gasteiger charge is -2.58. The topological polar surface area (TPSA) is 46.6 Å². The molecule has 3 unspecified atom stereocenters. The first kappa shape index (κ1) is 18.6. The van der Waals surface area contributed by atoms with Crippen LogP contribution >= 0.6 is 11.6 Å². The van der Waals surface area contributed by atoms with Crippen molar-refractivity contribution in [3.63, 3.8) is 0 Å². The fraction of sp³-hybridized carbons (Fsp3) is 0.700. The largest absolute Gasteiger partial charge is 0.494 e. The summed E-state index contributed by atoms with van der Waals surface area (Å²) in [7, 11) is -3.16. The zero-order valence-electron chi connectivity index (χ0n) is 15.4. The molecule has 0 N–H and O–H groups in total. The van der Waals surface area contributed by atoms with E-state index in [0.717, 1.165) is 31.4 Å². The van der Waals surface area contributed by atoms with Crippen molar-refractivity contribution in [2.45, 2.75) is 56.4 Å². The molecule has 0 spiro atoms. The van der Waals surface area contributed by atoms with Gasteiger partial charge in [-0.15, -0.1) is 11.6 Å². The van der Waals surface area contributed by atoms with Crippen LogP contribution in [0, 0.1) is 5.92 Å². The molecule has 1 heterocycles. The van der Waals surface area contributed by atoms with E-state index >= 15 is 0 Å². The molecule has 3 atom stereocenters. The van der Waals surface area contributed by atoms with Gasteiger partial charge in [0.15, 0.2) is 0 Å². The minimum Gasteiger partial charge on any atom is -0.494 e. The lowest BCUT2D eigenvalue weighted by Crippen LogP contribution is -2.61. The number of ether oxygens (including phenoxy) is 1. The summed E-state index contributed by atoms with van der Waals surface area (Å²) < 4.78 is 32.4. The predicted octanol–water partition coefficient (Wildman–Crippen LogP) is 3.71. The summed E-state index contributed by atoms with van der Waals surface area (Å²) in [4.78, 5) is 0. The molecular formula is C20H28ClNO3S. The first-order valence-corrected chi connectivity index (χ1v) is 12.1. The molecule has 144 valence electrons. The highest BCUT2D eigenvalue weighted by molar-refractivity contribution is 7.88. The van der Waals surface area contributed by atoms with Crippen LogP contribution in [0.5, 0.6) is 5.75 Å². The Bertz CT molecular complexity index is 781. The van der Waals surface area contributed by atoms with Crippen LogP contribution in [0.15, 0.2) is 18.2 Å². The fourth-order valence-electron chi connectivity index (χ4n) is 5.70. The maximum absolute atomic E-state index is 12.4. The maximum Gasteiger partial charge on any atom is 0.211 e. The summed E-state index contributed by atoms with van der Waals surface area (Å²) in [6, 6.07) is 6.56. The number of rotatable bonds is 5. The summed E-state index contributed by atoms with van der Waals surface area (Å²) in [5.41, 5.74) is 2.87. The van der Waals surface area contributed by atoms with Crippen molar-refractivity contribution >= 4 is 21.6 Å². The molecule has 4 rings (SSSR count). The summed E-state index contributed by atoms with van der Waals surface area (Å²) >= 11 is 5.76. The van der Waals surface area contributed by atoms with E-state index in [4.69, 9.17) is 16.3 Å². The van der Waals surface area contributed by atoms with Crippen molar-refractivity contribution in [2.24, 2.45) is 5.92 Å². The molecule has 2 bridgehead atoms. The Morgan fingerprint density at radius 2 is 2.15 bits per heavy atom. The number of piperidine rings is 1. The van der Waals surface area contributed by atoms with Crippen LogP contribution < -0.4 is 4.74 Å². The van der Waals surface area contributed by atoms with E-state index in [2.05, 4.69) is 12.1 Å². The number of hydrogen-bond acceptors (Lipinski definition) is 3. The van der Waals surface area contributed by atoms with Crippen molar-refractivity contribution in [2.75, 3.05) is 25.3 Å². The third-order valence-corrected chi connectivity index (χ3v) is 8.30. The van der Waals surface area contributed by atoms with Gasteiger partial charge in [0.2, 0.25) is 10.0 Å². The van der Waals surface area contributed by atoms with E-state index in [1.165, 1.54) is 36.6 Å². The van der Waals surface area contributed by atoms with Gasteiger partial charge in [0.05, 0.1) is 12.9 Å². The third-order valence-electron chi connectivity index (χ3n) is 6.73. The smallest absolute Gasteiger partial charge is 0.211 e. The van der Waals surface area contributed by atoms with Crippen molar-refractivity contribution < 1.29 is 13.2 Å². The van der Waals surface area contributed by atoms with Crippen LogP contribution in [0.1, 0.15) is 49.7 Å². The molecule has 6 heteroatoms. The average Bonchev–Trinajstić information content (AvgIpc) is 2.61. The number of hydrogen-bond donors (Lipinski definition) is 0. The Hall–Kier alpha value is -0.780. The standard InChI is InChI=1S/C20H28ClNO3S/c1-26(23,24)22-11-9-20-8-3-2-5-17(20)19(22)13-15-6-7-16(14-18(15)20)25-12-4-10-21/h6-7,14,17,19H,2-5,8-13H2,1H3. The van der Waals surface area contributed by atoms with Gasteiger partial charge in [0.1, 0.15) is 5.75 Å². The van der Waals surface area contributed by atoms with Crippen molar-refractivity contribution in [1.82, 2.24) is 4.31 Å². The molecular weight excluding hydrogens is 370 g/mol. The van der Waals surface area contributed by atoms with Gasteiger partial charge in [-0.25, -0.2) is 8.42 Å².